The summed E-state index contributed by atoms with van der Waals surface area (Å²) in [5.74, 6) is 0.716. The average molecular weight is 213 g/mol. The zero-order valence-electron chi connectivity index (χ0n) is 7.57. The first kappa shape index (κ1) is 10.5. The smallest absolute Gasteiger partial charge is 0.149 e. The van der Waals surface area contributed by atoms with Gasteiger partial charge in [-0.1, -0.05) is 11.8 Å². The first-order chi connectivity index (χ1) is 6.20. The molecule has 0 spiro atoms. The van der Waals surface area contributed by atoms with Crippen LogP contribution in [0.1, 0.15) is 6.92 Å². The Bertz CT molecular complexity index is 291. The number of hydrogen-bond acceptors (Lipinski definition) is 5. The molecule has 5 heteroatoms. The molecule has 0 aliphatic carbocycles. The van der Waals surface area contributed by atoms with Crippen LogP contribution in [0.5, 0.6) is 0 Å². The van der Waals surface area contributed by atoms with Crippen molar-refractivity contribution in [2.75, 3.05) is 12.8 Å². The molecule has 13 heavy (non-hydrogen) atoms. The van der Waals surface area contributed by atoms with Crippen molar-refractivity contribution in [2.45, 2.75) is 16.8 Å². The SMILES string of the molecule is CNC(C)(C#N)CSc1nccs1. The quantitative estimate of drug-likeness (QED) is 0.774. The third-order valence-electron chi connectivity index (χ3n) is 1.69. The molecule has 1 atom stereocenters. The maximum absolute atomic E-state index is 8.87. The Hall–Kier alpha value is -0.570. The van der Waals surface area contributed by atoms with E-state index in [1.165, 1.54) is 0 Å². The van der Waals surface area contributed by atoms with Gasteiger partial charge in [-0.15, -0.1) is 11.3 Å². The molecule has 0 amide bonds. The van der Waals surface area contributed by atoms with Crippen LogP contribution in [-0.4, -0.2) is 23.3 Å². The molecule has 1 rings (SSSR count). The number of thiazole rings is 1. The summed E-state index contributed by atoms with van der Waals surface area (Å²) in [6.07, 6.45) is 1.77. The zero-order valence-corrected chi connectivity index (χ0v) is 9.21. The maximum Gasteiger partial charge on any atom is 0.149 e. The summed E-state index contributed by atoms with van der Waals surface area (Å²) >= 11 is 3.20. The lowest BCUT2D eigenvalue weighted by Crippen LogP contribution is -2.40. The number of nitrogens with zero attached hydrogens (tertiary/aromatic N) is 2. The Labute approximate surface area is 86.2 Å². The minimum atomic E-state index is -0.462. The van der Waals surface area contributed by atoms with E-state index < -0.39 is 5.54 Å². The summed E-state index contributed by atoms with van der Waals surface area (Å²) in [6.45, 7) is 1.88. The van der Waals surface area contributed by atoms with Crippen molar-refractivity contribution in [3.05, 3.63) is 11.6 Å². The molecule has 0 saturated heterocycles. The molecule has 1 aromatic heterocycles. The monoisotopic (exact) mass is 213 g/mol. The fourth-order valence-corrected chi connectivity index (χ4v) is 2.38. The maximum atomic E-state index is 8.87. The van der Waals surface area contributed by atoms with Gasteiger partial charge in [-0.25, -0.2) is 4.98 Å². The van der Waals surface area contributed by atoms with Gasteiger partial charge in [0.05, 0.1) is 6.07 Å². The van der Waals surface area contributed by atoms with Crippen LogP contribution in [-0.2, 0) is 0 Å². The van der Waals surface area contributed by atoms with Crippen LogP contribution in [0, 0.1) is 11.3 Å². The topological polar surface area (TPSA) is 48.7 Å². The van der Waals surface area contributed by atoms with Gasteiger partial charge in [-0.05, 0) is 14.0 Å². The third kappa shape index (κ3) is 2.99. The van der Waals surface area contributed by atoms with E-state index in [1.807, 2.05) is 12.3 Å². The molecule has 0 fully saturated rings. The van der Waals surface area contributed by atoms with Crippen LogP contribution < -0.4 is 5.32 Å². The summed E-state index contributed by atoms with van der Waals surface area (Å²) in [5.41, 5.74) is -0.462. The minimum absolute atomic E-state index is 0.462. The Balaban J connectivity index is 2.47. The van der Waals surface area contributed by atoms with E-state index >= 15 is 0 Å². The molecular weight excluding hydrogens is 202 g/mol. The summed E-state index contributed by atoms with van der Waals surface area (Å²) in [5, 5.41) is 13.8. The predicted octanol–water partition coefficient (Wildman–Crippen LogP) is 1.74. The highest BCUT2D eigenvalue weighted by molar-refractivity contribution is 8.01. The standard InChI is InChI=1S/C8H11N3S2/c1-8(5-9,10-2)6-13-7-11-3-4-12-7/h3-4,10H,6H2,1-2H3. The van der Waals surface area contributed by atoms with E-state index in [0.29, 0.717) is 5.75 Å². The van der Waals surface area contributed by atoms with Gasteiger partial charge in [0.1, 0.15) is 9.88 Å². The normalized spacial score (nSPS) is 14.8. The molecule has 0 radical (unpaired) electrons. The number of aromatic nitrogens is 1. The Morgan fingerprint density at radius 3 is 3.08 bits per heavy atom. The molecule has 70 valence electrons. The molecule has 1 unspecified atom stereocenters. The van der Waals surface area contributed by atoms with Gasteiger partial charge in [0.25, 0.3) is 0 Å². The van der Waals surface area contributed by atoms with Crippen molar-refractivity contribution in [3.63, 3.8) is 0 Å². The molecular formula is C8H11N3S2. The number of nitriles is 1. The van der Waals surface area contributed by atoms with Crippen molar-refractivity contribution in [3.8, 4) is 6.07 Å². The fraction of sp³-hybridized carbons (Fsp3) is 0.500. The number of thioether (sulfide) groups is 1. The van der Waals surface area contributed by atoms with Crippen molar-refractivity contribution in [2.24, 2.45) is 0 Å². The summed E-state index contributed by atoms with van der Waals surface area (Å²) in [6, 6.07) is 2.24. The number of rotatable bonds is 4. The highest BCUT2D eigenvalue weighted by atomic mass is 32.2. The van der Waals surface area contributed by atoms with Gasteiger partial charge in [0.2, 0.25) is 0 Å². The van der Waals surface area contributed by atoms with Gasteiger partial charge in [0, 0.05) is 17.3 Å². The average Bonchev–Trinajstić information content (AvgIpc) is 2.67. The van der Waals surface area contributed by atoms with Crippen LogP contribution in [0.2, 0.25) is 0 Å². The summed E-state index contributed by atoms with van der Waals surface area (Å²) in [4.78, 5) is 4.13. The second-order valence-corrected chi connectivity index (χ2v) is 4.90. The molecule has 3 nitrogen and oxygen atoms in total. The number of hydrogen-bond donors (Lipinski definition) is 1. The Morgan fingerprint density at radius 1 is 1.85 bits per heavy atom. The van der Waals surface area contributed by atoms with Crippen LogP contribution in [0.15, 0.2) is 15.9 Å². The lowest BCUT2D eigenvalue weighted by Gasteiger charge is -2.18. The van der Waals surface area contributed by atoms with E-state index in [1.54, 1.807) is 36.3 Å². The molecule has 0 aliphatic rings. The second-order valence-electron chi connectivity index (χ2n) is 2.78. The molecule has 0 bridgehead atoms. The van der Waals surface area contributed by atoms with Crippen molar-refractivity contribution in [1.29, 1.82) is 5.26 Å². The molecule has 0 saturated carbocycles. The molecule has 1 heterocycles. The van der Waals surface area contributed by atoms with Crippen molar-refractivity contribution >= 4 is 23.1 Å². The highest BCUT2D eigenvalue weighted by Crippen LogP contribution is 2.23. The second kappa shape index (κ2) is 4.61. The lowest BCUT2D eigenvalue weighted by molar-refractivity contribution is 0.550. The highest BCUT2D eigenvalue weighted by Gasteiger charge is 2.21. The molecule has 0 aliphatic heterocycles. The Morgan fingerprint density at radius 2 is 2.62 bits per heavy atom. The largest absolute Gasteiger partial charge is 0.302 e. The molecule has 0 aromatic carbocycles. The number of nitrogens with one attached hydrogen (secondary N) is 1. The van der Waals surface area contributed by atoms with Crippen LogP contribution in [0.4, 0.5) is 0 Å². The predicted molar refractivity (Wildman–Crippen MR) is 55.9 cm³/mol. The van der Waals surface area contributed by atoms with Crippen LogP contribution >= 0.6 is 23.1 Å². The zero-order chi connectivity index (χ0) is 9.73. The molecule has 1 aromatic rings. The van der Waals surface area contributed by atoms with E-state index in [9.17, 15) is 0 Å². The minimum Gasteiger partial charge on any atom is -0.302 e. The first-order valence-corrected chi connectivity index (χ1v) is 5.69. The van der Waals surface area contributed by atoms with Gasteiger partial charge < -0.3 is 5.32 Å². The van der Waals surface area contributed by atoms with E-state index in [0.717, 1.165) is 4.34 Å². The van der Waals surface area contributed by atoms with Crippen LogP contribution in [0.3, 0.4) is 0 Å². The van der Waals surface area contributed by atoms with Gasteiger partial charge in [0.15, 0.2) is 0 Å². The fourth-order valence-electron chi connectivity index (χ4n) is 0.648. The summed E-state index contributed by atoms with van der Waals surface area (Å²) < 4.78 is 1.01. The van der Waals surface area contributed by atoms with Crippen LogP contribution in [0.25, 0.3) is 0 Å². The van der Waals surface area contributed by atoms with E-state index in [4.69, 9.17) is 5.26 Å². The van der Waals surface area contributed by atoms with Gasteiger partial charge in [-0.3, -0.25) is 0 Å². The first-order valence-electron chi connectivity index (χ1n) is 3.82. The molecule has 1 N–H and O–H groups in total. The van der Waals surface area contributed by atoms with Crippen molar-refractivity contribution in [1.82, 2.24) is 10.3 Å². The third-order valence-corrected chi connectivity index (χ3v) is 3.97. The van der Waals surface area contributed by atoms with Crippen molar-refractivity contribution < 1.29 is 0 Å². The van der Waals surface area contributed by atoms with E-state index in [-0.39, 0.29) is 0 Å². The van der Waals surface area contributed by atoms with Gasteiger partial charge in [-0.2, -0.15) is 5.26 Å². The Kier molecular flexibility index (Phi) is 3.72. The van der Waals surface area contributed by atoms with Gasteiger partial charge >= 0.3 is 0 Å². The van der Waals surface area contributed by atoms with E-state index in [2.05, 4.69) is 16.4 Å². The lowest BCUT2D eigenvalue weighted by atomic mass is 10.1. The summed E-state index contributed by atoms with van der Waals surface area (Å²) in [7, 11) is 1.80.